The Labute approximate surface area is 196 Å². The number of aromatic nitrogens is 2. The summed E-state index contributed by atoms with van der Waals surface area (Å²) < 4.78 is 5.70. The van der Waals surface area contributed by atoms with Gasteiger partial charge >= 0.3 is 0 Å². The summed E-state index contributed by atoms with van der Waals surface area (Å²) >= 11 is 1.45. The largest absolute Gasteiger partial charge is 0.490 e. The minimum absolute atomic E-state index is 0.0238. The second kappa shape index (κ2) is 9.67. The van der Waals surface area contributed by atoms with E-state index in [1.54, 1.807) is 12.1 Å². The van der Waals surface area contributed by atoms with Crippen molar-refractivity contribution in [2.24, 2.45) is 5.73 Å². The zero-order valence-electron chi connectivity index (χ0n) is 18.4. The molecule has 9 heteroatoms. The second-order valence-corrected chi connectivity index (χ2v) is 9.14. The Morgan fingerprint density at radius 1 is 1.33 bits per heavy atom. The van der Waals surface area contributed by atoms with Crippen LogP contribution in [0.4, 0.5) is 0 Å². The number of fused-ring (bicyclic) bond motifs is 1. The fourth-order valence-corrected chi connectivity index (χ4v) is 4.81. The number of nitrogens with two attached hydrogens (primary N) is 1. The normalized spacial score (nSPS) is 15.7. The van der Waals surface area contributed by atoms with Crippen molar-refractivity contribution in [3.8, 4) is 33.0 Å². The predicted octanol–water partition coefficient (Wildman–Crippen LogP) is 2.95. The smallest absolute Gasteiger partial charge is 0.239 e. The highest BCUT2D eigenvalue weighted by Gasteiger charge is 2.28. The Bertz CT molecular complexity index is 1220. The summed E-state index contributed by atoms with van der Waals surface area (Å²) in [6, 6.07) is 12.5. The van der Waals surface area contributed by atoms with Crippen molar-refractivity contribution in [2.75, 3.05) is 6.61 Å². The van der Waals surface area contributed by atoms with Crippen molar-refractivity contribution >= 4 is 17.2 Å². The van der Waals surface area contributed by atoms with Crippen LogP contribution >= 0.6 is 11.3 Å². The van der Waals surface area contributed by atoms with Crippen molar-refractivity contribution < 1.29 is 14.6 Å². The van der Waals surface area contributed by atoms with Gasteiger partial charge in [-0.1, -0.05) is 29.5 Å². The number of benzene rings is 2. The molecule has 0 bridgehead atoms. The molecule has 8 nitrogen and oxygen atoms in total. The number of nitrogens with zero attached hydrogens (tertiary/aromatic N) is 3. The molecule has 3 aromatic rings. The van der Waals surface area contributed by atoms with Crippen molar-refractivity contribution in [1.29, 1.82) is 5.26 Å². The third kappa shape index (κ3) is 4.73. The van der Waals surface area contributed by atoms with Gasteiger partial charge < -0.3 is 20.9 Å². The van der Waals surface area contributed by atoms with Crippen molar-refractivity contribution in [1.82, 2.24) is 15.5 Å². The van der Waals surface area contributed by atoms with Crippen LogP contribution in [0, 0.1) is 11.3 Å². The molecule has 4 N–H and O–H groups in total. The van der Waals surface area contributed by atoms with E-state index < -0.39 is 12.6 Å². The average molecular weight is 464 g/mol. The number of ether oxygens (including phenoxy) is 1. The lowest BCUT2D eigenvalue weighted by Gasteiger charge is -2.17. The predicted molar refractivity (Wildman–Crippen MR) is 126 cm³/mol. The molecule has 1 aliphatic rings. The number of nitrogens with one attached hydrogen (secondary N) is 1. The highest BCUT2D eigenvalue weighted by atomic mass is 32.1. The number of hydrogen-bond donors (Lipinski definition) is 3. The van der Waals surface area contributed by atoms with Crippen molar-refractivity contribution in [3.05, 3.63) is 53.1 Å². The maximum Gasteiger partial charge on any atom is 0.239 e. The topological polar surface area (TPSA) is 134 Å². The van der Waals surface area contributed by atoms with Gasteiger partial charge in [0.25, 0.3) is 0 Å². The number of hydrogen-bond acceptors (Lipinski definition) is 8. The SMILES string of the molecule is CC(C)Oc1ccc(-c2nnc(-c3cccc4c3CC[C@@H]4NC(=O)[C@H](N)CO)s2)cc1C#N. The molecule has 1 amide bonds. The van der Waals surface area contributed by atoms with Crippen LogP contribution in [0.3, 0.4) is 0 Å². The van der Waals surface area contributed by atoms with Gasteiger partial charge in [0.15, 0.2) is 0 Å². The Morgan fingerprint density at radius 3 is 2.85 bits per heavy atom. The van der Waals surface area contributed by atoms with E-state index in [1.807, 2.05) is 38.1 Å². The Kier molecular flexibility index (Phi) is 6.70. The van der Waals surface area contributed by atoms with E-state index in [2.05, 4.69) is 21.6 Å². The van der Waals surface area contributed by atoms with Gasteiger partial charge in [-0.2, -0.15) is 5.26 Å². The van der Waals surface area contributed by atoms with E-state index in [0.717, 1.165) is 40.1 Å². The molecule has 0 radical (unpaired) electrons. The van der Waals surface area contributed by atoms with Crippen LogP contribution in [0.15, 0.2) is 36.4 Å². The minimum atomic E-state index is -0.932. The van der Waals surface area contributed by atoms with Gasteiger partial charge in [0.2, 0.25) is 5.91 Å². The first-order valence-electron chi connectivity index (χ1n) is 10.7. The van der Waals surface area contributed by atoms with Crippen molar-refractivity contribution in [3.63, 3.8) is 0 Å². The summed E-state index contributed by atoms with van der Waals surface area (Å²) in [6.07, 6.45) is 1.52. The van der Waals surface area contributed by atoms with Crippen LogP contribution in [-0.4, -0.2) is 40.0 Å². The second-order valence-electron chi connectivity index (χ2n) is 8.16. The quantitative estimate of drug-likeness (QED) is 0.490. The third-order valence-corrected chi connectivity index (χ3v) is 6.49. The fraction of sp³-hybridized carbons (Fsp3) is 0.333. The summed E-state index contributed by atoms with van der Waals surface area (Å²) in [5.41, 5.74) is 10.0. The number of carbonyl (C=O) groups is 1. The summed E-state index contributed by atoms with van der Waals surface area (Å²) in [4.78, 5) is 12.1. The molecule has 1 aromatic heterocycles. The Morgan fingerprint density at radius 2 is 2.12 bits per heavy atom. The Hall–Kier alpha value is -3.32. The molecule has 0 spiro atoms. The standard InChI is InChI=1S/C24H25N5O3S/c1-13(2)32-21-9-6-14(10-15(21)11-25)23-28-29-24(33-23)18-5-3-4-17-16(18)7-8-20(17)27-22(31)19(26)12-30/h3-6,9-10,13,19-20,30H,7-8,12,26H2,1-2H3,(H,27,31)/t19-,20+/m1/s1. The zero-order chi connectivity index (χ0) is 23.5. The number of nitriles is 1. The molecule has 0 fully saturated rings. The molecule has 1 heterocycles. The number of aliphatic hydroxyl groups excluding tert-OH is 1. The first-order valence-corrected chi connectivity index (χ1v) is 11.6. The molecule has 2 atom stereocenters. The number of aliphatic hydroxyl groups is 1. The lowest BCUT2D eigenvalue weighted by Crippen LogP contribution is -2.44. The highest BCUT2D eigenvalue weighted by molar-refractivity contribution is 7.17. The molecule has 1 aliphatic carbocycles. The van der Waals surface area contributed by atoms with Crippen molar-refractivity contribution in [2.45, 2.75) is 44.9 Å². The molecular weight excluding hydrogens is 438 g/mol. The van der Waals surface area contributed by atoms with E-state index in [1.165, 1.54) is 11.3 Å². The summed E-state index contributed by atoms with van der Waals surface area (Å²) in [7, 11) is 0. The summed E-state index contributed by atoms with van der Waals surface area (Å²) in [6.45, 7) is 3.44. The Balaban J connectivity index is 1.61. The molecular formula is C24H25N5O3S. The monoisotopic (exact) mass is 463 g/mol. The van der Waals surface area contributed by atoms with Crippen LogP contribution in [-0.2, 0) is 11.2 Å². The maximum absolute atomic E-state index is 12.1. The lowest BCUT2D eigenvalue weighted by atomic mass is 10.0. The number of rotatable bonds is 7. The van der Waals surface area contributed by atoms with Crippen LogP contribution in [0.25, 0.3) is 21.1 Å². The molecule has 2 aromatic carbocycles. The van der Waals surface area contributed by atoms with Crippen LogP contribution in [0.1, 0.15) is 43.0 Å². The highest BCUT2D eigenvalue weighted by Crippen LogP contribution is 2.40. The number of amides is 1. The zero-order valence-corrected chi connectivity index (χ0v) is 19.2. The van der Waals surface area contributed by atoms with Crippen LogP contribution in [0.2, 0.25) is 0 Å². The van der Waals surface area contributed by atoms with Gasteiger partial charge in [0, 0.05) is 11.1 Å². The summed E-state index contributed by atoms with van der Waals surface area (Å²) in [5, 5.41) is 31.8. The maximum atomic E-state index is 12.1. The van der Waals surface area contributed by atoms with Gasteiger partial charge in [-0.3, -0.25) is 4.79 Å². The molecule has 0 saturated heterocycles. The fourth-order valence-electron chi connectivity index (χ4n) is 3.92. The van der Waals surface area contributed by atoms with E-state index in [9.17, 15) is 10.1 Å². The minimum Gasteiger partial charge on any atom is -0.490 e. The molecule has 0 saturated carbocycles. The van der Waals surface area contributed by atoms with E-state index >= 15 is 0 Å². The first kappa shape index (κ1) is 22.9. The molecule has 0 aliphatic heterocycles. The first-order chi connectivity index (χ1) is 15.9. The van der Waals surface area contributed by atoms with Gasteiger partial charge in [0.1, 0.15) is 27.9 Å². The van der Waals surface area contributed by atoms with E-state index in [-0.39, 0.29) is 18.1 Å². The molecule has 170 valence electrons. The molecule has 0 unspecified atom stereocenters. The van der Waals surface area contributed by atoms with Gasteiger partial charge in [-0.15, -0.1) is 10.2 Å². The van der Waals surface area contributed by atoms with Gasteiger partial charge in [-0.25, -0.2) is 0 Å². The third-order valence-electron chi connectivity index (χ3n) is 5.49. The molecule has 4 rings (SSSR count). The number of carbonyl (C=O) groups excluding carboxylic acids is 1. The summed E-state index contributed by atoms with van der Waals surface area (Å²) in [5.74, 6) is 0.188. The molecule has 33 heavy (non-hydrogen) atoms. The van der Waals surface area contributed by atoms with Gasteiger partial charge in [0.05, 0.1) is 24.3 Å². The van der Waals surface area contributed by atoms with Crippen LogP contribution < -0.4 is 15.8 Å². The van der Waals surface area contributed by atoms with E-state index in [4.69, 9.17) is 15.6 Å². The lowest BCUT2D eigenvalue weighted by molar-refractivity contribution is -0.123. The van der Waals surface area contributed by atoms with Crippen LogP contribution in [0.5, 0.6) is 5.75 Å². The van der Waals surface area contributed by atoms with E-state index in [0.29, 0.717) is 16.3 Å². The van der Waals surface area contributed by atoms with Gasteiger partial charge in [-0.05, 0) is 56.0 Å². The average Bonchev–Trinajstić information content (AvgIpc) is 3.46.